The largest absolute Gasteiger partial charge is 0.269 e. The zero-order valence-corrected chi connectivity index (χ0v) is 10.5. The fourth-order valence-electron chi connectivity index (χ4n) is 1.89. The molecule has 0 aliphatic rings. The Hall–Kier alpha value is -2.37. The van der Waals surface area contributed by atoms with Crippen molar-refractivity contribution in [3.8, 4) is 0 Å². The molecule has 0 bridgehead atoms. The van der Waals surface area contributed by atoms with Crippen LogP contribution in [0.25, 0.3) is 0 Å². The van der Waals surface area contributed by atoms with E-state index in [1.165, 1.54) is 18.2 Å². The van der Waals surface area contributed by atoms with Gasteiger partial charge in [0.25, 0.3) is 5.69 Å². The van der Waals surface area contributed by atoms with E-state index in [4.69, 9.17) is 0 Å². The minimum absolute atomic E-state index is 0.159. The average molecular weight is 281 g/mol. The van der Waals surface area contributed by atoms with Gasteiger partial charge in [-0.15, -0.1) is 0 Å². The summed E-state index contributed by atoms with van der Waals surface area (Å²) in [5.41, 5.74) is 0.617. The van der Waals surface area contributed by atoms with E-state index in [-0.39, 0.29) is 17.7 Å². The maximum absolute atomic E-state index is 13.6. The van der Waals surface area contributed by atoms with Gasteiger partial charge in [-0.25, -0.2) is 13.2 Å². The average Bonchev–Trinajstić information content (AvgIpc) is 2.35. The van der Waals surface area contributed by atoms with Crippen LogP contribution >= 0.6 is 0 Å². The quantitative estimate of drug-likeness (QED) is 0.632. The molecule has 0 heterocycles. The van der Waals surface area contributed by atoms with Gasteiger partial charge in [-0.3, -0.25) is 10.1 Å². The molecule has 0 unspecified atom stereocenters. The summed E-state index contributed by atoms with van der Waals surface area (Å²) in [5.74, 6) is -3.01. The molecule has 0 fully saturated rings. The topological polar surface area (TPSA) is 43.1 Å². The lowest BCUT2D eigenvalue weighted by molar-refractivity contribution is -0.384. The molecule has 2 aromatic rings. The maximum Gasteiger partial charge on any atom is 0.269 e. The van der Waals surface area contributed by atoms with E-state index in [1.54, 1.807) is 6.92 Å². The number of nitrogens with zero attached hydrogens (tertiary/aromatic N) is 1. The van der Waals surface area contributed by atoms with Crippen LogP contribution in [0.2, 0.25) is 0 Å². The van der Waals surface area contributed by atoms with E-state index < -0.39 is 22.4 Å². The Labute approximate surface area is 112 Å². The zero-order valence-electron chi connectivity index (χ0n) is 10.5. The first kappa shape index (κ1) is 14.0. The molecule has 0 N–H and O–H groups in total. The van der Waals surface area contributed by atoms with Crippen molar-refractivity contribution in [2.75, 3.05) is 0 Å². The van der Waals surface area contributed by atoms with Crippen molar-refractivity contribution in [2.45, 2.75) is 13.3 Å². The fourth-order valence-corrected chi connectivity index (χ4v) is 1.89. The van der Waals surface area contributed by atoms with Crippen LogP contribution in [0, 0.1) is 34.5 Å². The molecule has 0 atom stereocenters. The van der Waals surface area contributed by atoms with Crippen LogP contribution in [0.1, 0.15) is 16.7 Å². The highest BCUT2D eigenvalue weighted by atomic mass is 19.1. The number of aryl methyl sites for hydroxylation is 1. The van der Waals surface area contributed by atoms with Crippen molar-refractivity contribution in [3.05, 3.63) is 74.6 Å². The Morgan fingerprint density at radius 2 is 1.70 bits per heavy atom. The molecule has 0 aliphatic carbocycles. The molecule has 0 aliphatic heterocycles. The van der Waals surface area contributed by atoms with Crippen molar-refractivity contribution in [2.24, 2.45) is 0 Å². The lowest BCUT2D eigenvalue weighted by Gasteiger charge is -2.08. The number of non-ortho nitro benzene ring substituents is 1. The molecule has 0 saturated heterocycles. The number of hydrogen-bond donors (Lipinski definition) is 0. The highest BCUT2D eigenvalue weighted by Gasteiger charge is 2.15. The Morgan fingerprint density at radius 3 is 2.25 bits per heavy atom. The molecule has 3 nitrogen and oxygen atoms in total. The molecule has 0 aromatic heterocycles. The summed E-state index contributed by atoms with van der Waals surface area (Å²) in [6, 6.07) is 5.26. The number of hydrogen-bond acceptors (Lipinski definition) is 2. The molecule has 2 aromatic carbocycles. The first-order chi connectivity index (χ1) is 9.38. The smallest absolute Gasteiger partial charge is 0.258 e. The van der Waals surface area contributed by atoms with Crippen LogP contribution in [-0.4, -0.2) is 4.92 Å². The molecular formula is C14H10F3NO2. The Kier molecular flexibility index (Phi) is 3.74. The second kappa shape index (κ2) is 5.32. The second-order valence-electron chi connectivity index (χ2n) is 4.39. The van der Waals surface area contributed by atoms with Gasteiger partial charge in [-0.05, 0) is 18.1 Å². The molecule has 0 amide bonds. The van der Waals surface area contributed by atoms with Gasteiger partial charge in [-0.2, -0.15) is 0 Å². The third-order valence-corrected chi connectivity index (χ3v) is 3.02. The molecule has 0 saturated carbocycles. The Balaban J connectivity index is 2.45. The SMILES string of the molecule is Cc1ccc([N+](=O)[O-])cc1Cc1c(F)cc(F)cc1F. The highest BCUT2D eigenvalue weighted by molar-refractivity contribution is 5.42. The number of nitro benzene ring substituents is 1. The maximum atomic E-state index is 13.6. The monoisotopic (exact) mass is 281 g/mol. The minimum atomic E-state index is -1.01. The van der Waals surface area contributed by atoms with Crippen molar-refractivity contribution < 1.29 is 18.1 Å². The van der Waals surface area contributed by atoms with E-state index in [2.05, 4.69) is 0 Å². The van der Waals surface area contributed by atoms with E-state index in [0.717, 1.165) is 0 Å². The fraction of sp³-hybridized carbons (Fsp3) is 0.143. The third kappa shape index (κ3) is 2.79. The summed E-state index contributed by atoms with van der Waals surface area (Å²) in [6.45, 7) is 1.68. The molecule has 0 radical (unpaired) electrons. The van der Waals surface area contributed by atoms with Gasteiger partial charge in [0.15, 0.2) is 0 Å². The van der Waals surface area contributed by atoms with E-state index >= 15 is 0 Å². The van der Waals surface area contributed by atoms with Gasteiger partial charge in [0.1, 0.15) is 17.5 Å². The summed E-state index contributed by atoms with van der Waals surface area (Å²) in [4.78, 5) is 10.1. The number of halogens is 3. The normalized spacial score (nSPS) is 10.6. The molecule has 0 spiro atoms. The number of nitro groups is 1. The second-order valence-corrected chi connectivity index (χ2v) is 4.39. The third-order valence-electron chi connectivity index (χ3n) is 3.02. The van der Waals surface area contributed by atoms with E-state index in [0.29, 0.717) is 23.3 Å². The van der Waals surface area contributed by atoms with Crippen molar-refractivity contribution in [1.82, 2.24) is 0 Å². The molecule has 6 heteroatoms. The Morgan fingerprint density at radius 1 is 1.10 bits per heavy atom. The highest BCUT2D eigenvalue weighted by Crippen LogP contribution is 2.23. The van der Waals surface area contributed by atoms with Gasteiger partial charge in [-0.1, -0.05) is 6.07 Å². The predicted molar refractivity (Wildman–Crippen MR) is 67.0 cm³/mol. The number of rotatable bonds is 3. The lowest BCUT2D eigenvalue weighted by Crippen LogP contribution is -2.01. The van der Waals surface area contributed by atoms with Crippen molar-refractivity contribution in [1.29, 1.82) is 0 Å². The van der Waals surface area contributed by atoms with Gasteiger partial charge in [0.05, 0.1) is 4.92 Å². The first-order valence-electron chi connectivity index (χ1n) is 5.76. The Bertz CT molecular complexity index is 663. The number of benzene rings is 2. The molecular weight excluding hydrogens is 271 g/mol. The van der Waals surface area contributed by atoms with Crippen LogP contribution < -0.4 is 0 Å². The summed E-state index contributed by atoms with van der Waals surface area (Å²) < 4.78 is 40.0. The van der Waals surface area contributed by atoms with Crippen LogP contribution in [0.4, 0.5) is 18.9 Å². The standard InChI is InChI=1S/C14H10F3NO2/c1-8-2-3-11(18(19)20)4-9(8)5-12-13(16)6-10(15)7-14(12)17/h2-4,6-7H,5H2,1H3. The van der Waals surface area contributed by atoms with Gasteiger partial charge in [0.2, 0.25) is 0 Å². The van der Waals surface area contributed by atoms with Crippen molar-refractivity contribution >= 4 is 5.69 Å². The van der Waals surface area contributed by atoms with Gasteiger partial charge >= 0.3 is 0 Å². The zero-order chi connectivity index (χ0) is 14.9. The van der Waals surface area contributed by atoms with Crippen molar-refractivity contribution in [3.63, 3.8) is 0 Å². The summed E-state index contributed by atoms with van der Waals surface area (Å²) in [5, 5.41) is 10.7. The van der Waals surface area contributed by atoms with Crippen LogP contribution in [0.5, 0.6) is 0 Å². The minimum Gasteiger partial charge on any atom is -0.258 e. The molecule has 2 rings (SSSR count). The van der Waals surface area contributed by atoms with Crippen LogP contribution in [-0.2, 0) is 6.42 Å². The lowest BCUT2D eigenvalue weighted by atomic mass is 9.99. The predicted octanol–water partition coefficient (Wildman–Crippen LogP) is 3.91. The summed E-state index contributed by atoms with van der Waals surface area (Å²) in [7, 11) is 0. The van der Waals surface area contributed by atoms with Crippen LogP contribution in [0.15, 0.2) is 30.3 Å². The molecule has 104 valence electrons. The van der Waals surface area contributed by atoms with E-state index in [9.17, 15) is 23.3 Å². The van der Waals surface area contributed by atoms with Gasteiger partial charge < -0.3 is 0 Å². The summed E-state index contributed by atoms with van der Waals surface area (Å²) >= 11 is 0. The molecule has 20 heavy (non-hydrogen) atoms. The van der Waals surface area contributed by atoms with Crippen LogP contribution in [0.3, 0.4) is 0 Å². The summed E-state index contributed by atoms with van der Waals surface area (Å²) in [6.07, 6.45) is -0.175. The van der Waals surface area contributed by atoms with Gasteiger partial charge in [0, 0.05) is 36.2 Å². The first-order valence-corrected chi connectivity index (χ1v) is 5.76. The van der Waals surface area contributed by atoms with E-state index in [1.807, 2.05) is 0 Å².